The van der Waals surface area contributed by atoms with Crippen molar-refractivity contribution in [2.24, 2.45) is 0 Å². The number of aromatic nitrogens is 2. The number of aryl methyl sites for hydroxylation is 1. The Kier molecular flexibility index (Phi) is 5.91. The number of H-pyrrole nitrogens is 1. The molecule has 1 fully saturated rings. The average Bonchev–Trinajstić information content (AvgIpc) is 2.90. The number of aromatic amines is 1. The van der Waals surface area contributed by atoms with Crippen LogP contribution in [-0.2, 0) is 17.7 Å². The second kappa shape index (κ2) is 9.51. The first-order chi connectivity index (χ1) is 17.6. The molecule has 0 spiro atoms. The first-order valence-electron chi connectivity index (χ1n) is 12.3. The highest BCUT2D eigenvalue weighted by atomic mass is 16.5. The van der Waals surface area contributed by atoms with Crippen molar-refractivity contribution in [2.45, 2.75) is 19.9 Å². The molecule has 2 aromatic carbocycles. The summed E-state index contributed by atoms with van der Waals surface area (Å²) in [4.78, 5) is 22.2. The number of pyridine rings is 2. The molecule has 2 N–H and O–H groups in total. The molecule has 7 nitrogen and oxygen atoms in total. The summed E-state index contributed by atoms with van der Waals surface area (Å²) in [6.45, 7) is 5.62. The van der Waals surface area contributed by atoms with Gasteiger partial charge in [0.1, 0.15) is 11.5 Å². The molecule has 182 valence electrons. The molecule has 2 aliphatic heterocycles. The molecule has 0 unspecified atom stereocenters. The van der Waals surface area contributed by atoms with E-state index in [2.05, 4.69) is 45.3 Å². The molecule has 4 heterocycles. The second-order valence-electron chi connectivity index (χ2n) is 9.29. The zero-order chi connectivity index (χ0) is 24.5. The van der Waals surface area contributed by atoms with Gasteiger partial charge < -0.3 is 24.7 Å². The Morgan fingerprint density at radius 2 is 1.92 bits per heavy atom. The number of hydrogen-bond donors (Lipinski definition) is 2. The van der Waals surface area contributed by atoms with Crippen molar-refractivity contribution in [1.29, 1.82) is 0 Å². The van der Waals surface area contributed by atoms with E-state index in [0.717, 1.165) is 70.5 Å². The van der Waals surface area contributed by atoms with E-state index in [1.165, 1.54) is 5.56 Å². The summed E-state index contributed by atoms with van der Waals surface area (Å²) in [5.74, 6) is 1.63. The van der Waals surface area contributed by atoms with Gasteiger partial charge in [0, 0.05) is 54.3 Å². The fraction of sp³-hybridized carbons (Fsp3) is 0.241. The third-order valence-corrected chi connectivity index (χ3v) is 6.69. The number of hydrogen-bond acceptors (Lipinski definition) is 6. The molecule has 4 aromatic rings. The number of fused-ring (bicyclic) bond motifs is 2. The lowest BCUT2D eigenvalue weighted by Crippen LogP contribution is -2.36. The summed E-state index contributed by atoms with van der Waals surface area (Å²) >= 11 is 0. The van der Waals surface area contributed by atoms with Crippen LogP contribution in [0.3, 0.4) is 0 Å². The topological polar surface area (TPSA) is 79.5 Å². The minimum atomic E-state index is -0.123. The average molecular weight is 481 g/mol. The fourth-order valence-electron chi connectivity index (χ4n) is 4.86. The predicted molar refractivity (Wildman–Crippen MR) is 141 cm³/mol. The van der Waals surface area contributed by atoms with Crippen LogP contribution in [0.25, 0.3) is 11.3 Å². The van der Waals surface area contributed by atoms with Crippen molar-refractivity contribution < 1.29 is 9.47 Å². The van der Waals surface area contributed by atoms with Crippen LogP contribution >= 0.6 is 0 Å². The maximum absolute atomic E-state index is 12.5. The van der Waals surface area contributed by atoms with Crippen LogP contribution < -0.4 is 20.5 Å². The molecule has 0 bridgehead atoms. The molecule has 0 saturated carbocycles. The van der Waals surface area contributed by atoms with Gasteiger partial charge in [-0.25, -0.2) is 0 Å². The van der Waals surface area contributed by atoms with Crippen LogP contribution in [-0.4, -0.2) is 36.3 Å². The number of nitrogens with zero attached hydrogens (tertiary/aromatic N) is 2. The Balaban J connectivity index is 1.26. The van der Waals surface area contributed by atoms with Crippen LogP contribution in [0.5, 0.6) is 11.5 Å². The van der Waals surface area contributed by atoms with Crippen molar-refractivity contribution in [2.75, 3.05) is 36.5 Å². The summed E-state index contributed by atoms with van der Waals surface area (Å²) in [6, 6.07) is 20.1. The van der Waals surface area contributed by atoms with Gasteiger partial charge in [-0.05, 0) is 60.5 Å². The normalized spacial score (nSPS) is 14.5. The first kappa shape index (κ1) is 22.4. The van der Waals surface area contributed by atoms with Gasteiger partial charge in [0.2, 0.25) is 5.56 Å². The fourth-order valence-corrected chi connectivity index (χ4v) is 4.86. The van der Waals surface area contributed by atoms with Crippen LogP contribution in [0.15, 0.2) is 71.7 Å². The van der Waals surface area contributed by atoms with Crippen molar-refractivity contribution in [3.05, 3.63) is 99.6 Å². The second-order valence-corrected chi connectivity index (χ2v) is 9.29. The molecule has 0 radical (unpaired) electrons. The number of para-hydroxylation sites is 1. The Hall–Kier alpha value is -4.10. The van der Waals surface area contributed by atoms with E-state index in [0.29, 0.717) is 19.8 Å². The Morgan fingerprint density at radius 1 is 1.03 bits per heavy atom. The van der Waals surface area contributed by atoms with Gasteiger partial charge in [0.15, 0.2) is 0 Å². The van der Waals surface area contributed by atoms with Gasteiger partial charge in [0.05, 0.1) is 31.1 Å². The third kappa shape index (κ3) is 4.57. The highest BCUT2D eigenvalue weighted by molar-refractivity contribution is 5.74. The molecular formula is C29H28N4O3. The van der Waals surface area contributed by atoms with E-state index in [1.807, 2.05) is 42.6 Å². The summed E-state index contributed by atoms with van der Waals surface area (Å²) in [5.41, 5.74) is 7.88. The van der Waals surface area contributed by atoms with Crippen molar-refractivity contribution in [3.8, 4) is 22.8 Å². The Labute approximate surface area is 209 Å². The van der Waals surface area contributed by atoms with E-state index >= 15 is 0 Å². The Morgan fingerprint density at radius 3 is 2.78 bits per heavy atom. The molecular weight excluding hydrogens is 452 g/mol. The number of morpholine rings is 1. The van der Waals surface area contributed by atoms with Gasteiger partial charge >= 0.3 is 0 Å². The zero-order valence-electron chi connectivity index (χ0n) is 20.2. The molecule has 36 heavy (non-hydrogen) atoms. The molecule has 0 aliphatic carbocycles. The van der Waals surface area contributed by atoms with Crippen molar-refractivity contribution in [3.63, 3.8) is 0 Å². The third-order valence-electron chi connectivity index (χ3n) is 6.69. The van der Waals surface area contributed by atoms with Crippen LogP contribution in [0.2, 0.25) is 0 Å². The van der Waals surface area contributed by atoms with Gasteiger partial charge in [0.25, 0.3) is 0 Å². The van der Waals surface area contributed by atoms with E-state index in [1.54, 1.807) is 6.07 Å². The van der Waals surface area contributed by atoms with Gasteiger partial charge in [-0.1, -0.05) is 12.1 Å². The van der Waals surface area contributed by atoms with E-state index in [-0.39, 0.29) is 5.56 Å². The minimum Gasteiger partial charge on any atom is -0.456 e. The standard InChI is InChI=1S/C29H28N4O3/c1-19-7-8-30-23(13-19)18-31-22-5-6-27-21(15-22)14-20-3-2-4-25(29(20)36-27)26-16-24(17-28(34)32-26)33-9-11-35-12-10-33/h2-8,13,15-17,31H,9-12,14,18H2,1H3,(H,32,34). The maximum Gasteiger partial charge on any atom is 0.250 e. The lowest BCUT2D eigenvalue weighted by Gasteiger charge is -2.29. The monoisotopic (exact) mass is 480 g/mol. The van der Waals surface area contributed by atoms with Gasteiger partial charge in [-0.15, -0.1) is 0 Å². The summed E-state index contributed by atoms with van der Waals surface area (Å²) < 4.78 is 11.9. The maximum atomic E-state index is 12.5. The number of ether oxygens (including phenoxy) is 2. The zero-order valence-corrected chi connectivity index (χ0v) is 20.2. The highest BCUT2D eigenvalue weighted by Gasteiger charge is 2.22. The smallest absolute Gasteiger partial charge is 0.250 e. The molecule has 7 heteroatoms. The lowest BCUT2D eigenvalue weighted by molar-refractivity contribution is 0.122. The molecule has 0 amide bonds. The number of rotatable bonds is 5. The van der Waals surface area contributed by atoms with Crippen LogP contribution in [0, 0.1) is 6.92 Å². The number of anilines is 2. The lowest BCUT2D eigenvalue weighted by atomic mass is 9.96. The highest BCUT2D eigenvalue weighted by Crippen LogP contribution is 2.43. The quantitative estimate of drug-likeness (QED) is 0.373. The van der Waals surface area contributed by atoms with Crippen LogP contribution in [0.1, 0.15) is 22.4 Å². The molecule has 1 saturated heterocycles. The summed E-state index contributed by atoms with van der Waals surface area (Å²) in [6.07, 6.45) is 2.59. The van der Waals surface area contributed by atoms with E-state index in [9.17, 15) is 4.79 Å². The number of nitrogens with one attached hydrogen (secondary N) is 2. The molecule has 2 aromatic heterocycles. The van der Waals surface area contributed by atoms with E-state index in [4.69, 9.17) is 9.47 Å². The first-order valence-corrected chi connectivity index (χ1v) is 12.3. The van der Waals surface area contributed by atoms with Gasteiger partial charge in [-0.3, -0.25) is 9.78 Å². The minimum absolute atomic E-state index is 0.123. The summed E-state index contributed by atoms with van der Waals surface area (Å²) in [5, 5.41) is 3.47. The largest absolute Gasteiger partial charge is 0.456 e. The Bertz CT molecular complexity index is 1470. The van der Waals surface area contributed by atoms with Gasteiger partial charge in [-0.2, -0.15) is 0 Å². The predicted octanol–water partition coefficient (Wildman–Crippen LogP) is 4.89. The molecule has 6 rings (SSSR count). The summed E-state index contributed by atoms with van der Waals surface area (Å²) in [7, 11) is 0. The van der Waals surface area contributed by atoms with Crippen molar-refractivity contribution >= 4 is 11.4 Å². The molecule has 2 aliphatic rings. The van der Waals surface area contributed by atoms with E-state index < -0.39 is 0 Å². The van der Waals surface area contributed by atoms with Crippen LogP contribution in [0.4, 0.5) is 11.4 Å². The SMILES string of the molecule is Cc1ccnc(CNc2ccc3c(c2)Cc2cccc(-c4cc(N5CCOCC5)cc(=O)[nH]4)c2O3)c1. The van der Waals surface area contributed by atoms with Crippen molar-refractivity contribution in [1.82, 2.24) is 9.97 Å². The number of benzene rings is 2. The molecule has 0 atom stereocenters.